The number of hydrogen-bond acceptors (Lipinski definition) is 4. The van der Waals surface area contributed by atoms with Crippen molar-refractivity contribution < 1.29 is 23.1 Å². The number of benzene rings is 2. The van der Waals surface area contributed by atoms with E-state index in [2.05, 4.69) is 5.32 Å². The molecule has 2 aromatic rings. The van der Waals surface area contributed by atoms with Gasteiger partial charge in [-0.1, -0.05) is 30.3 Å². The lowest BCUT2D eigenvalue weighted by atomic mass is 10.1. The van der Waals surface area contributed by atoms with E-state index in [-0.39, 0.29) is 22.9 Å². The van der Waals surface area contributed by atoms with Gasteiger partial charge in [0.2, 0.25) is 15.9 Å². The van der Waals surface area contributed by atoms with Crippen LogP contribution in [0.3, 0.4) is 0 Å². The van der Waals surface area contributed by atoms with Crippen molar-refractivity contribution in [3.8, 4) is 0 Å². The minimum atomic E-state index is -3.72. The molecule has 0 spiro atoms. The van der Waals surface area contributed by atoms with Crippen LogP contribution < -0.4 is 5.32 Å². The van der Waals surface area contributed by atoms with Gasteiger partial charge in [-0.25, -0.2) is 13.2 Å². The van der Waals surface area contributed by atoms with Gasteiger partial charge in [0, 0.05) is 13.1 Å². The first-order valence-corrected chi connectivity index (χ1v) is 10.0. The van der Waals surface area contributed by atoms with E-state index in [4.69, 9.17) is 5.11 Å². The van der Waals surface area contributed by atoms with Crippen molar-refractivity contribution in [1.82, 2.24) is 9.62 Å². The lowest BCUT2D eigenvalue weighted by Gasteiger charge is -2.23. The summed E-state index contributed by atoms with van der Waals surface area (Å²) in [5.74, 6) is -1.37. The number of hydrogen-bond donors (Lipinski definition) is 2. The molecular weight excluding hydrogens is 368 g/mol. The Morgan fingerprint density at radius 3 is 2.37 bits per heavy atom. The highest BCUT2D eigenvalue weighted by Crippen LogP contribution is 2.26. The van der Waals surface area contributed by atoms with Crippen LogP contribution >= 0.6 is 0 Å². The number of carboxylic acids is 1. The zero-order valence-electron chi connectivity index (χ0n) is 14.5. The fraction of sp³-hybridized carbons (Fsp3) is 0.263. The summed E-state index contributed by atoms with van der Waals surface area (Å²) in [6.45, 7) is 0.511. The fourth-order valence-electron chi connectivity index (χ4n) is 3.09. The van der Waals surface area contributed by atoms with Gasteiger partial charge in [-0.15, -0.1) is 0 Å². The first kappa shape index (κ1) is 19.1. The van der Waals surface area contributed by atoms with Crippen molar-refractivity contribution in [3.63, 3.8) is 0 Å². The highest BCUT2D eigenvalue weighted by atomic mass is 32.2. The molecule has 1 saturated heterocycles. The summed E-state index contributed by atoms with van der Waals surface area (Å²) in [5, 5.41) is 11.7. The van der Waals surface area contributed by atoms with E-state index in [9.17, 15) is 18.0 Å². The van der Waals surface area contributed by atoms with Crippen LogP contribution in [0.1, 0.15) is 28.8 Å². The second-order valence-corrected chi connectivity index (χ2v) is 8.20. The molecule has 27 heavy (non-hydrogen) atoms. The summed E-state index contributed by atoms with van der Waals surface area (Å²) >= 11 is 0. The van der Waals surface area contributed by atoms with Crippen molar-refractivity contribution in [2.75, 3.05) is 6.54 Å². The monoisotopic (exact) mass is 388 g/mol. The Bertz CT molecular complexity index is 926. The first-order valence-electron chi connectivity index (χ1n) is 8.56. The van der Waals surface area contributed by atoms with Crippen LogP contribution in [-0.4, -0.2) is 42.3 Å². The third-order valence-corrected chi connectivity index (χ3v) is 6.45. The van der Waals surface area contributed by atoms with Crippen LogP contribution in [0.2, 0.25) is 0 Å². The van der Waals surface area contributed by atoms with Gasteiger partial charge >= 0.3 is 5.97 Å². The number of rotatable bonds is 6. The second-order valence-electron chi connectivity index (χ2n) is 6.31. The predicted octanol–water partition coefficient (Wildman–Crippen LogP) is 1.85. The Kier molecular flexibility index (Phi) is 5.57. The normalized spacial score (nSPS) is 17.6. The molecule has 0 aliphatic carbocycles. The summed E-state index contributed by atoms with van der Waals surface area (Å²) < 4.78 is 26.9. The molecule has 2 aromatic carbocycles. The number of aromatic carboxylic acids is 1. The number of nitrogens with one attached hydrogen (secondary N) is 1. The fourth-order valence-corrected chi connectivity index (χ4v) is 4.77. The number of nitrogens with zero attached hydrogens (tertiary/aromatic N) is 1. The average Bonchev–Trinajstić information content (AvgIpc) is 3.18. The summed E-state index contributed by atoms with van der Waals surface area (Å²) in [7, 11) is -3.72. The van der Waals surface area contributed by atoms with Gasteiger partial charge in [-0.2, -0.15) is 4.31 Å². The largest absolute Gasteiger partial charge is 0.478 e. The minimum Gasteiger partial charge on any atom is -0.478 e. The van der Waals surface area contributed by atoms with E-state index in [0.29, 0.717) is 19.4 Å². The number of carbonyl (C=O) groups is 2. The van der Waals surface area contributed by atoms with Crippen molar-refractivity contribution in [1.29, 1.82) is 0 Å². The Labute approximate surface area is 157 Å². The Morgan fingerprint density at radius 2 is 1.74 bits per heavy atom. The molecule has 1 atom stereocenters. The third-order valence-electron chi connectivity index (χ3n) is 4.52. The highest BCUT2D eigenvalue weighted by molar-refractivity contribution is 7.89. The smallest absolute Gasteiger partial charge is 0.335 e. The Hall–Kier alpha value is -2.71. The van der Waals surface area contributed by atoms with E-state index in [0.717, 1.165) is 5.56 Å². The molecule has 142 valence electrons. The van der Waals surface area contributed by atoms with Gasteiger partial charge in [-0.3, -0.25) is 4.79 Å². The predicted molar refractivity (Wildman–Crippen MR) is 98.6 cm³/mol. The van der Waals surface area contributed by atoms with E-state index in [1.807, 2.05) is 0 Å². The third kappa shape index (κ3) is 4.17. The van der Waals surface area contributed by atoms with Gasteiger partial charge in [-0.05, 0) is 42.7 Å². The van der Waals surface area contributed by atoms with Crippen molar-refractivity contribution in [3.05, 3.63) is 65.7 Å². The zero-order valence-corrected chi connectivity index (χ0v) is 15.4. The SMILES string of the molecule is O=C(O)c1ccc(CNC(=O)C2CCCN2S(=O)(=O)c2ccccc2)cc1. The maximum Gasteiger partial charge on any atom is 0.335 e. The summed E-state index contributed by atoms with van der Waals surface area (Å²) in [6.07, 6.45) is 1.09. The molecule has 7 nitrogen and oxygen atoms in total. The summed E-state index contributed by atoms with van der Waals surface area (Å²) in [4.78, 5) is 23.6. The Balaban J connectivity index is 1.68. The van der Waals surface area contributed by atoms with Crippen molar-refractivity contribution in [2.24, 2.45) is 0 Å². The molecule has 1 aliphatic rings. The molecular formula is C19H20N2O5S. The molecule has 0 saturated carbocycles. The lowest BCUT2D eigenvalue weighted by Crippen LogP contribution is -2.45. The molecule has 0 aromatic heterocycles. The number of carboxylic acid groups (broad SMARTS) is 1. The molecule has 3 rings (SSSR count). The van der Waals surface area contributed by atoms with E-state index in [1.54, 1.807) is 30.3 Å². The van der Waals surface area contributed by atoms with Crippen molar-refractivity contribution >= 4 is 21.9 Å². The topological polar surface area (TPSA) is 104 Å². The van der Waals surface area contributed by atoms with Crippen LogP contribution in [0, 0.1) is 0 Å². The quantitative estimate of drug-likeness (QED) is 0.786. The van der Waals surface area contributed by atoms with Gasteiger partial charge in [0.1, 0.15) is 6.04 Å². The molecule has 0 radical (unpaired) electrons. The van der Waals surface area contributed by atoms with Crippen LogP contribution in [0.25, 0.3) is 0 Å². The molecule has 0 bridgehead atoms. The van der Waals surface area contributed by atoms with Gasteiger partial charge in [0.05, 0.1) is 10.5 Å². The molecule has 1 amide bonds. The maximum atomic E-state index is 12.8. The Morgan fingerprint density at radius 1 is 1.07 bits per heavy atom. The highest BCUT2D eigenvalue weighted by Gasteiger charge is 2.39. The molecule has 1 aliphatic heterocycles. The van der Waals surface area contributed by atoms with Crippen LogP contribution in [0.4, 0.5) is 0 Å². The lowest BCUT2D eigenvalue weighted by molar-refractivity contribution is -0.124. The summed E-state index contributed by atoms with van der Waals surface area (Å²) in [6, 6.07) is 13.5. The maximum absolute atomic E-state index is 12.8. The number of amides is 1. The number of carbonyl (C=O) groups excluding carboxylic acids is 1. The molecule has 1 unspecified atom stereocenters. The van der Waals surface area contributed by atoms with Crippen LogP contribution in [0.15, 0.2) is 59.5 Å². The van der Waals surface area contributed by atoms with E-state index in [1.165, 1.54) is 28.6 Å². The van der Waals surface area contributed by atoms with E-state index >= 15 is 0 Å². The van der Waals surface area contributed by atoms with E-state index < -0.39 is 22.0 Å². The molecule has 8 heteroatoms. The second kappa shape index (κ2) is 7.89. The standard InChI is InChI=1S/C19H20N2O5S/c22-18(20-13-14-8-10-15(11-9-14)19(23)24)17-7-4-12-21(17)27(25,26)16-5-2-1-3-6-16/h1-3,5-6,8-11,17H,4,7,12-13H2,(H,20,22)(H,23,24). The summed E-state index contributed by atoms with van der Waals surface area (Å²) in [5.41, 5.74) is 0.907. The molecule has 1 fully saturated rings. The minimum absolute atomic E-state index is 0.168. The first-order chi connectivity index (χ1) is 12.9. The molecule has 2 N–H and O–H groups in total. The average molecular weight is 388 g/mol. The number of sulfonamides is 1. The van der Waals surface area contributed by atoms with Crippen LogP contribution in [-0.2, 0) is 21.4 Å². The van der Waals surface area contributed by atoms with Gasteiger partial charge in [0.25, 0.3) is 0 Å². The zero-order chi connectivity index (χ0) is 19.4. The van der Waals surface area contributed by atoms with Gasteiger partial charge in [0.15, 0.2) is 0 Å². The van der Waals surface area contributed by atoms with Crippen LogP contribution in [0.5, 0.6) is 0 Å². The van der Waals surface area contributed by atoms with Gasteiger partial charge < -0.3 is 10.4 Å². The van der Waals surface area contributed by atoms with Crippen molar-refractivity contribution in [2.45, 2.75) is 30.3 Å². The molecule has 1 heterocycles.